The molecule has 4 atom stereocenters. The van der Waals surface area contributed by atoms with E-state index in [0.29, 0.717) is 19.3 Å². The van der Waals surface area contributed by atoms with Gasteiger partial charge in [-0.25, -0.2) is 0 Å². The maximum atomic E-state index is 14.1. The van der Waals surface area contributed by atoms with Crippen molar-refractivity contribution in [2.75, 3.05) is 13.1 Å². The van der Waals surface area contributed by atoms with Crippen LogP contribution in [0.1, 0.15) is 41.5 Å². The van der Waals surface area contributed by atoms with Crippen LogP contribution in [0, 0.1) is 5.92 Å². The number of aromatic amines is 1. The lowest BCUT2D eigenvalue weighted by atomic mass is 9.83. The normalized spacial score (nSPS) is 15.2. The molecule has 0 radical (unpaired) electrons. The predicted octanol–water partition coefficient (Wildman–Crippen LogP) is 0.868. The zero-order valence-electron chi connectivity index (χ0n) is 29.5. The number of aromatic nitrogens is 1. The number of rotatable bonds is 17. The molecule has 0 saturated carbocycles. The first-order valence-electron chi connectivity index (χ1n) is 17.8. The SMILES string of the molecule is NC(=O)CNC(=O)[C@H](Cc1c[nH]c2ccccc12)NC(=O)C(CCCN=C(N)N)NC(=O)C(Cc1ccccc1)NC(=O)C1CCc2ccccc2C1. The van der Waals surface area contributed by atoms with Gasteiger partial charge in [-0.2, -0.15) is 0 Å². The van der Waals surface area contributed by atoms with Crippen molar-refractivity contribution >= 4 is 46.4 Å². The molecule has 0 aliphatic heterocycles. The topological polar surface area (TPSA) is 240 Å². The highest BCUT2D eigenvalue weighted by Gasteiger charge is 2.32. The van der Waals surface area contributed by atoms with E-state index < -0.39 is 48.3 Å². The molecule has 3 aromatic carbocycles. The largest absolute Gasteiger partial charge is 0.370 e. The van der Waals surface area contributed by atoms with E-state index in [-0.39, 0.29) is 43.6 Å². The number of nitrogens with two attached hydrogens (primary N) is 3. The number of benzene rings is 3. The van der Waals surface area contributed by atoms with Gasteiger partial charge < -0.3 is 43.5 Å². The molecule has 278 valence electrons. The Labute approximate surface area is 307 Å². The van der Waals surface area contributed by atoms with Gasteiger partial charge in [0.2, 0.25) is 29.5 Å². The van der Waals surface area contributed by atoms with Crippen molar-refractivity contribution in [2.24, 2.45) is 28.1 Å². The Morgan fingerprint density at radius 3 is 2.17 bits per heavy atom. The summed E-state index contributed by atoms with van der Waals surface area (Å²) >= 11 is 0. The summed E-state index contributed by atoms with van der Waals surface area (Å²) in [6.45, 7) is -0.238. The highest BCUT2D eigenvalue weighted by atomic mass is 16.2. The fourth-order valence-corrected chi connectivity index (χ4v) is 6.61. The highest BCUT2D eigenvalue weighted by Crippen LogP contribution is 2.26. The van der Waals surface area contributed by atoms with Gasteiger partial charge in [0, 0.05) is 42.4 Å². The van der Waals surface area contributed by atoms with Gasteiger partial charge in [0.1, 0.15) is 18.1 Å². The Bertz CT molecular complexity index is 1940. The summed E-state index contributed by atoms with van der Waals surface area (Å²) in [6, 6.07) is 21.6. The third-order valence-electron chi connectivity index (χ3n) is 9.38. The molecule has 5 amide bonds. The minimum Gasteiger partial charge on any atom is -0.370 e. The number of hydrogen-bond donors (Lipinski definition) is 8. The average molecular weight is 722 g/mol. The second kappa shape index (κ2) is 18.4. The number of guanidine groups is 1. The number of para-hydroxylation sites is 1. The van der Waals surface area contributed by atoms with E-state index in [0.717, 1.165) is 34.0 Å². The summed E-state index contributed by atoms with van der Waals surface area (Å²) in [5, 5.41) is 11.9. The number of fused-ring (bicyclic) bond motifs is 2. The fraction of sp³-hybridized carbons (Fsp3) is 0.333. The molecule has 14 nitrogen and oxygen atoms in total. The molecule has 5 rings (SSSR count). The number of nitrogens with one attached hydrogen (secondary N) is 5. The van der Waals surface area contributed by atoms with Crippen LogP contribution < -0.4 is 38.5 Å². The number of carbonyl (C=O) groups is 5. The number of amides is 5. The first kappa shape index (κ1) is 38.1. The molecule has 53 heavy (non-hydrogen) atoms. The zero-order chi connectivity index (χ0) is 37.7. The second-order valence-corrected chi connectivity index (χ2v) is 13.3. The number of hydrogen-bond acceptors (Lipinski definition) is 6. The quantitative estimate of drug-likeness (QED) is 0.0444. The van der Waals surface area contributed by atoms with E-state index in [2.05, 4.69) is 37.3 Å². The summed E-state index contributed by atoms with van der Waals surface area (Å²) < 4.78 is 0. The van der Waals surface area contributed by atoms with Gasteiger partial charge in [0.25, 0.3) is 0 Å². The van der Waals surface area contributed by atoms with Gasteiger partial charge in [-0.15, -0.1) is 0 Å². The Balaban J connectivity index is 1.36. The number of nitrogens with zero attached hydrogens (tertiary/aromatic N) is 1. The van der Waals surface area contributed by atoms with Crippen LogP contribution in [-0.2, 0) is 49.7 Å². The van der Waals surface area contributed by atoms with Crippen LogP contribution in [0.2, 0.25) is 0 Å². The standard InChI is InChI=1S/C39H47N9O5/c40-34(49)23-45-36(51)33(21-28-22-44-30-14-7-6-13-29(28)30)48-37(52)31(15-8-18-43-39(41)42)46-38(53)32(19-24-9-2-1-3-10-24)47-35(50)27-17-16-25-11-4-5-12-26(25)20-27/h1-7,9-14,22,27,31-33,44H,8,15-21,23H2,(H2,40,49)(H,45,51)(H,46,53)(H,47,50)(H,48,52)(H4,41,42,43)/t27?,31?,32?,33-/m0/s1. The van der Waals surface area contributed by atoms with Gasteiger partial charge in [-0.3, -0.25) is 29.0 Å². The van der Waals surface area contributed by atoms with Crippen molar-refractivity contribution in [3.8, 4) is 0 Å². The van der Waals surface area contributed by atoms with Crippen LogP contribution >= 0.6 is 0 Å². The maximum Gasteiger partial charge on any atom is 0.243 e. The van der Waals surface area contributed by atoms with E-state index in [9.17, 15) is 24.0 Å². The van der Waals surface area contributed by atoms with Crippen LogP contribution in [0.25, 0.3) is 10.9 Å². The van der Waals surface area contributed by atoms with Gasteiger partial charge >= 0.3 is 0 Å². The van der Waals surface area contributed by atoms with E-state index in [1.807, 2.05) is 72.8 Å². The lowest BCUT2D eigenvalue weighted by molar-refractivity contribution is -0.134. The molecule has 1 heterocycles. The summed E-state index contributed by atoms with van der Waals surface area (Å²) in [5.74, 6) is -3.26. The lowest BCUT2D eigenvalue weighted by Gasteiger charge is -2.28. The molecule has 4 aromatic rings. The van der Waals surface area contributed by atoms with Crippen LogP contribution in [0.3, 0.4) is 0 Å². The van der Waals surface area contributed by atoms with E-state index >= 15 is 0 Å². The summed E-state index contributed by atoms with van der Waals surface area (Å²) in [7, 11) is 0. The van der Waals surface area contributed by atoms with Crippen LogP contribution in [0.4, 0.5) is 0 Å². The third-order valence-corrected chi connectivity index (χ3v) is 9.38. The van der Waals surface area contributed by atoms with Crippen molar-refractivity contribution in [2.45, 2.75) is 63.1 Å². The molecular weight excluding hydrogens is 674 g/mol. The smallest absolute Gasteiger partial charge is 0.243 e. The minimum absolute atomic E-state index is 0.0756. The van der Waals surface area contributed by atoms with Gasteiger partial charge in [0.05, 0.1) is 6.54 Å². The number of carbonyl (C=O) groups excluding carboxylic acids is 5. The van der Waals surface area contributed by atoms with E-state index in [1.165, 1.54) is 5.56 Å². The molecule has 1 aromatic heterocycles. The Morgan fingerprint density at radius 1 is 0.755 bits per heavy atom. The maximum absolute atomic E-state index is 14.1. The number of aryl methyl sites for hydroxylation is 1. The van der Waals surface area contributed by atoms with E-state index in [1.54, 1.807) is 6.20 Å². The Morgan fingerprint density at radius 2 is 1.42 bits per heavy atom. The Kier molecular flexibility index (Phi) is 13.2. The molecule has 1 aliphatic carbocycles. The highest BCUT2D eigenvalue weighted by molar-refractivity contribution is 5.96. The predicted molar refractivity (Wildman–Crippen MR) is 202 cm³/mol. The molecule has 0 fully saturated rings. The molecular formula is C39H47N9O5. The molecule has 1 aliphatic rings. The van der Waals surface area contributed by atoms with Crippen LogP contribution in [0.15, 0.2) is 90.1 Å². The molecule has 14 heteroatoms. The van der Waals surface area contributed by atoms with Gasteiger partial charge in [-0.1, -0.05) is 72.8 Å². The van der Waals surface area contributed by atoms with Crippen molar-refractivity contribution < 1.29 is 24.0 Å². The molecule has 0 saturated heterocycles. The fourth-order valence-electron chi connectivity index (χ4n) is 6.61. The van der Waals surface area contributed by atoms with Crippen molar-refractivity contribution in [3.05, 3.63) is 107 Å². The van der Waals surface area contributed by atoms with E-state index in [4.69, 9.17) is 17.2 Å². The second-order valence-electron chi connectivity index (χ2n) is 13.3. The molecule has 11 N–H and O–H groups in total. The van der Waals surface area contributed by atoms with Crippen LogP contribution in [-0.4, -0.2) is 71.7 Å². The van der Waals surface area contributed by atoms with Crippen molar-refractivity contribution in [1.82, 2.24) is 26.3 Å². The minimum atomic E-state index is -1.14. The first-order chi connectivity index (χ1) is 25.6. The number of H-pyrrole nitrogens is 1. The number of aliphatic imine (C=N–C) groups is 1. The molecule has 3 unspecified atom stereocenters. The van der Waals surface area contributed by atoms with Gasteiger partial charge in [0.15, 0.2) is 5.96 Å². The molecule has 0 spiro atoms. The van der Waals surface area contributed by atoms with Crippen molar-refractivity contribution in [1.29, 1.82) is 0 Å². The average Bonchev–Trinajstić information content (AvgIpc) is 3.56. The monoisotopic (exact) mass is 721 g/mol. The number of primary amides is 1. The third kappa shape index (κ3) is 10.9. The molecule has 0 bridgehead atoms. The van der Waals surface area contributed by atoms with Crippen LogP contribution in [0.5, 0.6) is 0 Å². The van der Waals surface area contributed by atoms with Gasteiger partial charge in [-0.05, 0) is 60.4 Å². The first-order valence-corrected chi connectivity index (χ1v) is 17.8. The zero-order valence-corrected chi connectivity index (χ0v) is 29.5. The summed E-state index contributed by atoms with van der Waals surface area (Å²) in [5.41, 5.74) is 21.0. The van der Waals surface area contributed by atoms with Crippen molar-refractivity contribution in [3.63, 3.8) is 0 Å². The lowest BCUT2D eigenvalue weighted by Crippen LogP contribution is -2.58. The summed E-state index contributed by atoms with van der Waals surface area (Å²) in [4.78, 5) is 73.9. The summed E-state index contributed by atoms with van der Waals surface area (Å²) in [6.07, 6.45) is 4.41. The Hall–Kier alpha value is -6.18.